The average molecular weight is 360 g/mol. The number of carbonyl (C=O) groups excluding carboxylic acids is 2. The molecule has 4 N–H and O–H groups in total. The number of carboxylic acids is 1. The van der Waals surface area contributed by atoms with Crippen molar-refractivity contribution in [3.05, 3.63) is 35.4 Å². The van der Waals surface area contributed by atoms with Gasteiger partial charge in [0.1, 0.15) is 0 Å². The SMILES string of the molecule is O=C(O)CCNC(=O)c1ccc(C2CNC(=O)N2C2CCNCC2)cc1. The lowest BCUT2D eigenvalue weighted by atomic mass is 9.99. The fourth-order valence-electron chi connectivity index (χ4n) is 3.54. The fraction of sp³-hybridized carbons (Fsp3) is 0.500. The molecule has 8 heteroatoms. The maximum atomic E-state index is 12.3. The minimum atomic E-state index is -0.947. The molecule has 1 unspecified atom stereocenters. The van der Waals surface area contributed by atoms with E-state index in [9.17, 15) is 14.4 Å². The van der Waals surface area contributed by atoms with Crippen LogP contribution in [0, 0.1) is 0 Å². The van der Waals surface area contributed by atoms with E-state index in [1.807, 2.05) is 17.0 Å². The maximum Gasteiger partial charge on any atom is 0.318 e. The number of hydrogen-bond acceptors (Lipinski definition) is 4. The summed E-state index contributed by atoms with van der Waals surface area (Å²) in [6.45, 7) is 2.49. The third-order valence-corrected chi connectivity index (χ3v) is 4.90. The molecule has 8 nitrogen and oxygen atoms in total. The number of nitrogens with one attached hydrogen (secondary N) is 3. The number of amides is 3. The number of urea groups is 1. The molecule has 3 rings (SSSR count). The molecule has 2 aliphatic rings. The molecular formula is C18H24N4O4. The summed E-state index contributed by atoms with van der Waals surface area (Å²) in [4.78, 5) is 36.8. The Balaban J connectivity index is 1.66. The maximum absolute atomic E-state index is 12.3. The van der Waals surface area contributed by atoms with Crippen LogP contribution in [-0.2, 0) is 4.79 Å². The second kappa shape index (κ2) is 8.18. The van der Waals surface area contributed by atoms with Gasteiger partial charge < -0.3 is 26.0 Å². The van der Waals surface area contributed by atoms with Gasteiger partial charge >= 0.3 is 12.0 Å². The van der Waals surface area contributed by atoms with Gasteiger partial charge in [-0.25, -0.2) is 4.79 Å². The molecule has 2 heterocycles. The first-order valence-electron chi connectivity index (χ1n) is 8.93. The standard InChI is InChI=1S/C18H24N4O4/c23-16(24)7-10-20-17(25)13-3-1-12(2-4-13)15-11-21-18(26)22(15)14-5-8-19-9-6-14/h1-4,14-15,19H,5-11H2,(H,20,25)(H,21,26)(H,23,24). The first-order valence-corrected chi connectivity index (χ1v) is 8.93. The molecule has 0 aliphatic carbocycles. The Bertz CT molecular complexity index is 670. The Labute approximate surface area is 151 Å². The Morgan fingerprint density at radius 2 is 1.88 bits per heavy atom. The zero-order chi connectivity index (χ0) is 18.5. The highest BCUT2D eigenvalue weighted by molar-refractivity contribution is 5.94. The van der Waals surface area contributed by atoms with Crippen LogP contribution < -0.4 is 16.0 Å². The number of benzene rings is 1. The summed E-state index contributed by atoms with van der Waals surface area (Å²) in [7, 11) is 0. The van der Waals surface area contributed by atoms with Crippen molar-refractivity contribution in [3.63, 3.8) is 0 Å². The quantitative estimate of drug-likeness (QED) is 0.597. The molecule has 1 aromatic rings. The zero-order valence-corrected chi connectivity index (χ0v) is 14.5. The Hall–Kier alpha value is -2.61. The molecule has 26 heavy (non-hydrogen) atoms. The van der Waals surface area contributed by atoms with Crippen LogP contribution in [0.2, 0.25) is 0 Å². The molecule has 0 spiro atoms. The lowest BCUT2D eigenvalue weighted by molar-refractivity contribution is -0.136. The minimum absolute atomic E-state index is 0.0302. The molecule has 2 saturated heterocycles. The Morgan fingerprint density at radius 3 is 2.54 bits per heavy atom. The Kier molecular flexibility index (Phi) is 5.72. The summed E-state index contributed by atoms with van der Waals surface area (Å²) in [6.07, 6.45) is 1.77. The molecule has 3 amide bonds. The van der Waals surface area contributed by atoms with Crippen LogP contribution in [0.3, 0.4) is 0 Å². The molecule has 140 valence electrons. The largest absolute Gasteiger partial charge is 0.481 e. The summed E-state index contributed by atoms with van der Waals surface area (Å²) >= 11 is 0. The first kappa shape index (κ1) is 18.2. The van der Waals surface area contributed by atoms with E-state index in [0.29, 0.717) is 12.1 Å². The van der Waals surface area contributed by atoms with Gasteiger partial charge in [-0.1, -0.05) is 12.1 Å². The van der Waals surface area contributed by atoms with E-state index in [2.05, 4.69) is 16.0 Å². The predicted octanol–water partition coefficient (Wildman–Crippen LogP) is 0.709. The van der Waals surface area contributed by atoms with Crippen molar-refractivity contribution < 1.29 is 19.5 Å². The molecule has 0 bridgehead atoms. The van der Waals surface area contributed by atoms with E-state index in [1.165, 1.54) is 0 Å². The van der Waals surface area contributed by atoms with E-state index in [-0.39, 0.29) is 37.0 Å². The van der Waals surface area contributed by atoms with Gasteiger partial charge in [0, 0.05) is 24.7 Å². The van der Waals surface area contributed by atoms with Crippen LogP contribution in [0.1, 0.15) is 41.2 Å². The van der Waals surface area contributed by atoms with Crippen LogP contribution in [-0.4, -0.2) is 60.1 Å². The van der Waals surface area contributed by atoms with Crippen LogP contribution in [0.25, 0.3) is 0 Å². The van der Waals surface area contributed by atoms with Gasteiger partial charge in [0.05, 0.1) is 12.5 Å². The van der Waals surface area contributed by atoms with Crippen molar-refractivity contribution >= 4 is 17.9 Å². The smallest absolute Gasteiger partial charge is 0.318 e. The van der Waals surface area contributed by atoms with E-state index in [1.54, 1.807) is 12.1 Å². The zero-order valence-electron chi connectivity index (χ0n) is 14.5. The highest BCUT2D eigenvalue weighted by Crippen LogP contribution is 2.29. The van der Waals surface area contributed by atoms with E-state index >= 15 is 0 Å². The number of hydrogen-bond donors (Lipinski definition) is 4. The number of rotatable bonds is 6. The molecule has 2 fully saturated rings. The molecular weight excluding hydrogens is 336 g/mol. The van der Waals surface area contributed by atoms with Gasteiger partial charge in [0.15, 0.2) is 0 Å². The van der Waals surface area contributed by atoms with Crippen molar-refractivity contribution in [1.29, 1.82) is 0 Å². The van der Waals surface area contributed by atoms with Crippen molar-refractivity contribution in [3.8, 4) is 0 Å². The van der Waals surface area contributed by atoms with Gasteiger partial charge in [-0.15, -0.1) is 0 Å². The summed E-state index contributed by atoms with van der Waals surface area (Å²) in [5.74, 6) is -1.24. The molecule has 1 atom stereocenters. The molecule has 1 aromatic carbocycles. The van der Waals surface area contributed by atoms with Gasteiger partial charge in [0.2, 0.25) is 0 Å². The van der Waals surface area contributed by atoms with E-state index in [4.69, 9.17) is 5.11 Å². The second-order valence-corrected chi connectivity index (χ2v) is 6.61. The normalized spacial score (nSPS) is 20.7. The molecule has 0 aromatic heterocycles. The first-order chi connectivity index (χ1) is 12.6. The summed E-state index contributed by atoms with van der Waals surface area (Å²) in [5, 5.41) is 17.4. The van der Waals surface area contributed by atoms with Crippen molar-refractivity contribution in [2.45, 2.75) is 31.3 Å². The van der Waals surface area contributed by atoms with Gasteiger partial charge in [-0.3, -0.25) is 9.59 Å². The molecule has 0 saturated carbocycles. The molecule has 0 radical (unpaired) electrons. The predicted molar refractivity (Wildman–Crippen MR) is 94.9 cm³/mol. The lowest BCUT2D eigenvalue weighted by Crippen LogP contribution is -2.45. The number of aliphatic carboxylic acids is 1. The van der Waals surface area contributed by atoms with Crippen LogP contribution in [0.15, 0.2) is 24.3 Å². The lowest BCUT2D eigenvalue weighted by Gasteiger charge is -2.35. The Morgan fingerprint density at radius 1 is 1.19 bits per heavy atom. The summed E-state index contributed by atoms with van der Waals surface area (Å²) < 4.78 is 0. The van der Waals surface area contributed by atoms with Gasteiger partial charge in [0.25, 0.3) is 5.91 Å². The molecule has 2 aliphatic heterocycles. The van der Waals surface area contributed by atoms with Crippen molar-refractivity contribution in [1.82, 2.24) is 20.9 Å². The topological polar surface area (TPSA) is 111 Å². The van der Waals surface area contributed by atoms with Gasteiger partial charge in [-0.2, -0.15) is 0 Å². The summed E-state index contributed by atoms with van der Waals surface area (Å²) in [6, 6.07) is 7.33. The monoisotopic (exact) mass is 360 g/mol. The number of carbonyl (C=O) groups is 3. The third kappa shape index (κ3) is 4.13. The number of carboxylic acid groups (broad SMARTS) is 1. The van der Waals surface area contributed by atoms with E-state index in [0.717, 1.165) is 31.5 Å². The summed E-state index contributed by atoms with van der Waals surface area (Å²) in [5.41, 5.74) is 1.47. The van der Waals surface area contributed by atoms with Crippen LogP contribution >= 0.6 is 0 Å². The average Bonchev–Trinajstić information content (AvgIpc) is 3.03. The number of piperidine rings is 1. The highest BCUT2D eigenvalue weighted by atomic mass is 16.4. The fourth-order valence-corrected chi connectivity index (χ4v) is 3.54. The number of nitrogens with zero attached hydrogens (tertiary/aromatic N) is 1. The van der Waals surface area contributed by atoms with Crippen molar-refractivity contribution in [2.75, 3.05) is 26.2 Å². The van der Waals surface area contributed by atoms with E-state index < -0.39 is 5.97 Å². The second-order valence-electron chi connectivity index (χ2n) is 6.61. The highest BCUT2D eigenvalue weighted by Gasteiger charge is 2.37. The van der Waals surface area contributed by atoms with Crippen LogP contribution in [0.5, 0.6) is 0 Å². The van der Waals surface area contributed by atoms with Gasteiger partial charge in [-0.05, 0) is 43.6 Å². The van der Waals surface area contributed by atoms with Crippen LogP contribution in [0.4, 0.5) is 4.79 Å². The third-order valence-electron chi connectivity index (χ3n) is 4.90. The minimum Gasteiger partial charge on any atom is -0.481 e. The van der Waals surface area contributed by atoms with Crippen molar-refractivity contribution in [2.24, 2.45) is 0 Å².